The molecule has 4 rings (SSSR count). The molecule has 0 atom stereocenters. The lowest BCUT2D eigenvalue weighted by Crippen LogP contribution is -2.22. The van der Waals surface area contributed by atoms with Gasteiger partial charge in [0.2, 0.25) is 5.91 Å². The minimum atomic E-state index is 0.111. The van der Waals surface area contributed by atoms with Crippen molar-refractivity contribution in [1.29, 1.82) is 0 Å². The first-order chi connectivity index (χ1) is 13.3. The fraction of sp³-hybridized carbons (Fsp3) is 0.364. The second-order valence-corrected chi connectivity index (χ2v) is 8.18. The van der Waals surface area contributed by atoms with Gasteiger partial charge in [-0.05, 0) is 55.5 Å². The Balaban J connectivity index is 1.20. The molecule has 1 N–H and O–H groups in total. The minimum Gasteiger partial charge on any atom is -0.372 e. The van der Waals surface area contributed by atoms with Crippen LogP contribution in [-0.4, -0.2) is 24.0 Å². The van der Waals surface area contributed by atoms with Crippen LogP contribution < -0.4 is 10.2 Å². The SMILES string of the molecule is O=C(CCCc1nc2ccccc2s1)NCc1ccc(N2CCCC2)cc1. The van der Waals surface area contributed by atoms with Gasteiger partial charge in [-0.15, -0.1) is 11.3 Å². The Hall–Kier alpha value is -2.40. The molecule has 1 amide bonds. The number of carbonyl (C=O) groups excluding carboxylic acids is 1. The molecule has 140 valence electrons. The van der Waals surface area contributed by atoms with Gasteiger partial charge in [-0.1, -0.05) is 24.3 Å². The summed E-state index contributed by atoms with van der Waals surface area (Å²) in [5.41, 5.74) is 3.50. The smallest absolute Gasteiger partial charge is 0.220 e. The van der Waals surface area contributed by atoms with Crippen LogP contribution in [0, 0.1) is 0 Å². The van der Waals surface area contributed by atoms with Crippen molar-refractivity contribution in [2.45, 2.75) is 38.6 Å². The van der Waals surface area contributed by atoms with Crippen molar-refractivity contribution in [3.63, 3.8) is 0 Å². The van der Waals surface area contributed by atoms with Crippen molar-refractivity contribution in [1.82, 2.24) is 10.3 Å². The summed E-state index contributed by atoms with van der Waals surface area (Å²) in [6.45, 7) is 2.91. The molecule has 2 heterocycles. The Bertz CT molecular complexity index is 864. The third-order valence-electron chi connectivity index (χ3n) is 5.03. The molecule has 1 aromatic heterocycles. The number of nitrogens with zero attached hydrogens (tertiary/aromatic N) is 2. The number of carbonyl (C=O) groups is 1. The Kier molecular flexibility index (Phi) is 5.68. The van der Waals surface area contributed by atoms with E-state index in [-0.39, 0.29) is 5.91 Å². The van der Waals surface area contributed by atoms with E-state index < -0.39 is 0 Å². The van der Waals surface area contributed by atoms with Crippen LogP contribution in [0.2, 0.25) is 0 Å². The largest absolute Gasteiger partial charge is 0.372 e. The number of anilines is 1. The molecule has 0 bridgehead atoms. The quantitative estimate of drug-likeness (QED) is 0.656. The first-order valence-electron chi connectivity index (χ1n) is 9.73. The minimum absolute atomic E-state index is 0.111. The zero-order valence-electron chi connectivity index (χ0n) is 15.5. The number of hydrogen-bond donors (Lipinski definition) is 1. The number of aryl methyl sites for hydroxylation is 1. The molecular weight excluding hydrogens is 354 g/mol. The molecule has 2 aromatic carbocycles. The maximum Gasteiger partial charge on any atom is 0.220 e. The van der Waals surface area contributed by atoms with Crippen LogP contribution in [0.15, 0.2) is 48.5 Å². The van der Waals surface area contributed by atoms with Gasteiger partial charge in [0.1, 0.15) is 0 Å². The predicted octanol–water partition coefficient (Wildman–Crippen LogP) is 4.54. The Morgan fingerprint density at radius 3 is 2.63 bits per heavy atom. The van der Waals surface area contributed by atoms with Crippen molar-refractivity contribution in [3.8, 4) is 0 Å². The molecule has 1 aliphatic heterocycles. The van der Waals surface area contributed by atoms with Crippen LogP contribution in [0.1, 0.15) is 36.3 Å². The van der Waals surface area contributed by atoms with E-state index in [1.807, 2.05) is 18.2 Å². The van der Waals surface area contributed by atoms with E-state index in [0.29, 0.717) is 13.0 Å². The number of rotatable bonds is 7. The van der Waals surface area contributed by atoms with Gasteiger partial charge in [-0.2, -0.15) is 0 Å². The predicted molar refractivity (Wildman–Crippen MR) is 112 cm³/mol. The highest BCUT2D eigenvalue weighted by molar-refractivity contribution is 7.18. The molecule has 27 heavy (non-hydrogen) atoms. The topological polar surface area (TPSA) is 45.2 Å². The van der Waals surface area contributed by atoms with Gasteiger partial charge in [0, 0.05) is 31.7 Å². The molecule has 1 fully saturated rings. The molecule has 3 aromatic rings. The molecule has 0 saturated carbocycles. The third kappa shape index (κ3) is 4.66. The molecule has 1 aliphatic rings. The second kappa shape index (κ2) is 8.53. The van der Waals surface area contributed by atoms with E-state index in [1.54, 1.807) is 11.3 Å². The normalized spacial score (nSPS) is 14.0. The van der Waals surface area contributed by atoms with Crippen molar-refractivity contribution < 1.29 is 4.79 Å². The van der Waals surface area contributed by atoms with Crippen molar-refractivity contribution in [2.24, 2.45) is 0 Å². The molecule has 0 unspecified atom stereocenters. The molecule has 4 nitrogen and oxygen atoms in total. The highest BCUT2D eigenvalue weighted by Gasteiger charge is 2.12. The lowest BCUT2D eigenvalue weighted by atomic mass is 10.2. The number of fused-ring (bicyclic) bond motifs is 1. The summed E-state index contributed by atoms with van der Waals surface area (Å²) < 4.78 is 1.22. The monoisotopic (exact) mass is 379 g/mol. The third-order valence-corrected chi connectivity index (χ3v) is 6.13. The number of aromatic nitrogens is 1. The molecular formula is C22H25N3OS. The molecule has 0 spiro atoms. The van der Waals surface area contributed by atoms with Gasteiger partial charge in [0.25, 0.3) is 0 Å². The standard InChI is InChI=1S/C22H25N3OS/c26-21(8-5-9-22-24-19-6-1-2-7-20(19)27-22)23-16-17-10-12-18(13-11-17)25-14-3-4-15-25/h1-2,6-7,10-13H,3-5,8-9,14-16H2,(H,23,26). The van der Waals surface area contributed by atoms with Crippen LogP contribution in [0.25, 0.3) is 10.2 Å². The molecule has 0 aliphatic carbocycles. The van der Waals surface area contributed by atoms with E-state index in [0.717, 1.165) is 42.0 Å². The summed E-state index contributed by atoms with van der Waals surface area (Å²) in [5, 5.41) is 4.14. The first-order valence-corrected chi connectivity index (χ1v) is 10.5. The summed E-state index contributed by atoms with van der Waals surface area (Å²) >= 11 is 1.72. The van der Waals surface area contributed by atoms with Crippen LogP contribution in [0.3, 0.4) is 0 Å². The maximum absolute atomic E-state index is 12.1. The molecule has 1 saturated heterocycles. The average Bonchev–Trinajstić information content (AvgIpc) is 3.36. The van der Waals surface area contributed by atoms with Crippen LogP contribution in [-0.2, 0) is 17.8 Å². The number of thiazole rings is 1. The van der Waals surface area contributed by atoms with E-state index >= 15 is 0 Å². The highest BCUT2D eigenvalue weighted by Crippen LogP contribution is 2.23. The highest BCUT2D eigenvalue weighted by atomic mass is 32.1. The van der Waals surface area contributed by atoms with Gasteiger partial charge < -0.3 is 10.2 Å². The summed E-state index contributed by atoms with van der Waals surface area (Å²) in [7, 11) is 0. The van der Waals surface area contributed by atoms with Crippen LogP contribution >= 0.6 is 11.3 Å². The summed E-state index contributed by atoms with van der Waals surface area (Å²) in [5.74, 6) is 0.111. The number of hydrogen-bond acceptors (Lipinski definition) is 4. The Morgan fingerprint density at radius 2 is 1.85 bits per heavy atom. The van der Waals surface area contributed by atoms with Gasteiger partial charge >= 0.3 is 0 Å². The van der Waals surface area contributed by atoms with Gasteiger partial charge in [0.05, 0.1) is 15.2 Å². The zero-order chi connectivity index (χ0) is 18.5. The van der Waals surface area contributed by atoms with Crippen molar-refractivity contribution >= 4 is 33.1 Å². The first kappa shape index (κ1) is 18.0. The maximum atomic E-state index is 12.1. The van der Waals surface area contributed by atoms with Gasteiger partial charge in [-0.25, -0.2) is 4.98 Å². The summed E-state index contributed by atoms with van der Waals surface area (Å²) in [4.78, 5) is 19.2. The number of benzene rings is 2. The Labute approximate surface area is 164 Å². The lowest BCUT2D eigenvalue weighted by Gasteiger charge is -2.17. The van der Waals surface area contributed by atoms with E-state index in [2.05, 4.69) is 45.5 Å². The number of nitrogens with one attached hydrogen (secondary N) is 1. The second-order valence-electron chi connectivity index (χ2n) is 7.07. The van der Waals surface area contributed by atoms with Gasteiger partial charge in [-0.3, -0.25) is 4.79 Å². The number of para-hydroxylation sites is 1. The van der Waals surface area contributed by atoms with Crippen LogP contribution in [0.4, 0.5) is 5.69 Å². The summed E-state index contributed by atoms with van der Waals surface area (Å²) in [6, 6.07) is 16.8. The van der Waals surface area contributed by atoms with Crippen LogP contribution in [0.5, 0.6) is 0 Å². The van der Waals surface area contributed by atoms with Gasteiger partial charge in [0.15, 0.2) is 0 Å². The lowest BCUT2D eigenvalue weighted by molar-refractivity contribution is -0.121. The molecule has 5 heteroatoms. The fourth-order valence-electron chi connectivity index (χ4n) is 3.52. The Morgan fingerprint density at radius 1 is 1.07 bits per heavy atom. The van der Waals surface area contributed by atoms with Crippen molar-refractivity contribution in [3.05, 3.63) is 59.1 Å². The van der Waals surface area contributed by atoms with E-state index in [4.69, 9.17) is 0 Å². The van der Waals surface area contributed by atoms with Crippen molar-refractivity contribution in [2.75, 3.05) is 18.0 Å². The zero-order valence-corrected chi connectivity index (χ0v) is 16.3. The fourth-order valence-corrected chi connectivity index (χ4v) is 4.53. The molecule has 0 radical (unpaired) electrons. The van der Waals surface area contributed by atoms with E-state index in [9.17, 15) is 4.79 Å². The van der Waals surface area contributed by atoms with E-state index in [1.165, 1.54) is 23.2 Å². The summed E-state index contributed by atoms with van der Waals surface area (Å²) in [6.07, 6.45) is 4.81. The average molecular weight is 380 g/mol. The number of amides is 1.